The summed E-state index contributed by atoms with van der Waals surface area (Å²) in [6.45, 7) is 6.82. The van der Waals surface area contributed by atoms with Gasteiger partial charge in [-0.2, -0.15) is 0 Å². The number of rotatable bonds is 8. The number of hydrogen-bond acceptors (Lipinski definition) is 1. The molecule has 12 aromatic carbocycles. The van der Waals surface area contributed by atoms with Gasteiger partial charge in [0.15, 0.2) is 0 Å². The lowest BCUT2D eigenvalue weighted by Gasteiger charge is -2.34. The Balaban J connectivity index is 0.826. The first-order chi connectivity index (χ1) is 36.8. The molecule has 1 aliphatic rings. The van der Waals surface area contributed by atoms with Crippen LogP contribution in [-0.2, 0) is 10.8 Å². The zero-order valence-electron chi connectivity index (χ0n) is 42.4. The first-order valence-corrected chi connectivity index (χ1v) is 26.2. The summed E-state index contributed by atoms with van der Waals surface area (Å²) in [6, 6.07) is 101. The van der Waals surface area contributed by atoms with Crippen molar-refractivity contribution in [2.24, 2.45) is 0 Å². The van der Waals surface area contributed by atoms with E-state index >= 15 is 0 Å². The Morgan fingerprint density at radius 2 is 0.853 bits per heavy atom. The Labute approximate surface area is 439 Å². The molecule has 0 aliphatic heterocycles. The highest BCUT2D eigenvalue weighted by Gasteiger charge is 2.46. The third-order valence-electron chi connectivity index (χ3n) is 16.0. The second kappa shape index (κ2) is 17.5. The van der Waals surface area contributed by atoms with E-state index in [0.717, 1.165) is 22.7 Å². The van der Waals surface area contributed by atoms with Crippen molar-refractivity contribution in [3.8, 4) is 39.1 Å². The van der Waals surface area contributed by atoms with Crippen molar-refractivity contribution in [3.05, 3.63) is 301 Å². The van der Waals surface area contributed by atoms with Crippen LogP contribution in [-0.4, -0.2) is 4.57 Å². The first kappa shape index (κ1) is 44.5. The number of anilines is 3. The van der Waals surface area contributed by atoms with E-state index in [1.807, 2.05) is 0 Å². The summed E-state index contributed by atoms with van der Waals surface area (Å²) in [5.41, 5.74) is 20.3. The summed E-state index contributed by atoms with van der Waals surface area (Å²) in [5.74, 6) is 0. The van der Waals surface area contributed by atoms with Crippen LogP contribution >= 0.6 is 0 Å². The number of para-hydroxylation sites is 1. The topological polar surface area (TPSA) is 8.17 Å². The third kappa shape index (κ3) is 7.16. The van der Waals surface area contributed by atoms with E-state index < -0.39 is 5.41 Å². The molecule has 0 amide bonds. The molecule has 0 saturated carbocycles. The second-order valence-electron chi connectivity index (χ2n) is 21.3. The number of benzene rings is 12. The van der Waals surface area contributed by atoms with E-state index in [-0.39, 0.29) is 5.41 Å². The molecule has 1 aliphatic carbocycles. The fraction of sp³-hybridized carbons (Fsp3) is 0.0685. The van der Waals surface area contributed by atoms with Gasteiger partial charge in [-0.3, -0.25) is 0 Å². The first-order valence-electron chi connectivity index (χ1n) is 26.2. The van der Waals surface area contributed by atoms with Crippen molar-refractivity contribution in [1.82, 2.24) is 4.57 Å². The maximum Gasteiger partial charge on any atom is 0.0714 e. The number of fused-ring (bicyclic) bond motifs is 9. The largest absolute Gasteiger partial charge is 0.310 e. The van der Waals surface area contributed by atoms with Gasteiger partial charge in [-0.1, -0.05) is 233 Å². The zero-order chi connectivity index (χ0) is 50.3. The Morgan fingerprint density at radius 1 is 0.347 bits per heavy atom. The molecular formula is C73H54N2. The van der Waals surface area contributed by atoms with E-state index in [4.69, 9.17) is 0 Å². The van der Waals surface area contributed by atoms with E-state index in [1.54, 1.807) is 0 Å². The van der Waals surface area contributed by atoms with Gasteiger partial charge in [-0.15, -0.1) is 0 Å². The summed E-state index contributed by atoms with van der Waals surface area (Å²) in [4.78, 5) is 2.42. The molecule has 13 aromatic rings. The van der Waals surface area contributed by atoms with Crippen LogP contribution in [0.15, 0.2) is 273 Å². The molecule has 2 heteroatoms. The lowest BCUT2D eigenvalue weighted by atomic mass is 9.67. The van der Waals surface area contributed by atoms with Crippen LogP contribution in [0.3, 0.4) is 0 Å². The Hall–Kier alpha value is -9.24. The molecule has 14 rings (SSSR count). The fourth-order valence-corrected chi connectivity index (χ4v) is 12.4. The average molecular weight is 959 g/mol. The molecule has 2 nitrogen and oxygen atoms in total. The van der Waals surface area contributed by atoms with E-state index in [9.17, 15) is 0 Å². The molecule has 356 valence electrons. The molecule has 0 fully saturated rings. The Morgan fingerprint density at radius 3 is 1.53 bits per heavy atom. The molecule has 0 bridgehead atoms. The quantitative estimate of drug-likeness (QED) is 0.138. The van der Waals surface area contributed by atoms with Crippen LogP contribution < -0.4 is 4.90 Å². The highest BCUT2D eigenvalue weighted by Crippen LogP contribution is 2.57. The minimum atomic E-state index is -0.475. The van der Waals surface area contributed by atoms with Gasteiger partial charge in [-0.05, 0) is 143 Å². The average Bonchev–Trinajstić information content (AvgIpc) is 3.96. The predicted molar refractivity (Wildman–Crippen MR) is 317 cm³/mol. The number of nitrogens with zero attached hydrogens (tertiary/aromatic N) is 2. The van der Waals surface area contributed by atoms with Crippen LogP contribution in [0.4, 0.5) is 17.1 Å². The van der Waals surface area contributed by atoms with Crippen LogP contribution in [0.2, 0.25) is 0 Å². The smallest absolute Gasteiger partial charge is 0.0714 e. The highest BCUT2D eigenvalue weighted by molar-refractivity contribution is 6.15. The molecule has 0 N–H and O–H groups in total. The van der Waals surface area contributed by atoms with E-state index in [2.05, 4.69) is 303 Å². The van der Waals surface area contributed by atoms with E-state index in [0.29, 0.717) is 0 Å². The maximum absolute atomic E-state index is 2.47. The van der Waals surface area contributed by atoms with Gasteiger partial charge in [0, 0.05) is 33.2 Å². The molecular weight excluding hydrogens is 905 g/mol. The lowest BCUT2D eigenvalue weighted by molar-refractivity contribution is 0.590. The number of aromatic nitrogens is 1. The van der Waals surface area contributed by atoms with Gasteiger partial charge in [-0.25, -0.2) is 0 Å². The zero-order valence-corrected chi connectivity index (χ0v) is 42.4. The van der Waals surface area contributed by atoms with Gasteiger partial charge in [0.05, 0.1) is 22.1 Å². The summed E-state index contributed by atoms with van der Waals surface area (Å²) in [5, 5.41) is 7.44. The van der Waals surface area contributed by atoms with Gasteiger partial charge in [0.2, 0.25) is 0 Å². The number of hydrogen-bond donors (Lipinski definition) is 0. The van der Waals surface area contributed by atoms with Crippen molar-refractivity contribution in [1.29, 1.82) is 0 Å². The molecule has 0 spiro atoms. The minimum Gasteiger partial charge on any atom is -0.310 e. The summed E-state index contributed by atoms with van der Waals surface area (Å²) in [6.07, 6.45) is 0. The molecule has 75 heavy (non-hydrogen) atoms. The Bertz CT molecular complexity index is 4250. The Kier molecular flexibility index (Phi) is 10.4. The molecule has 0 radical (unpaired) electrons. The van der Waals surface area contributed by atoms with Crippen molar-refractivity contribution in [2.45, 2.75) is 31.6 Å². The monoisotopic (exact) mass is 958 g/mol. The SMILES string of the molecule is CC(C)(C)c1ccc(N(c2ccc(-c3ccc(-c4ccc5c(c4)c4ccccc4n5-c4ccc5c(c4)C(c4ccccc4)(c4ccccc4)c4ccccc4-5)cc3)cc2)c2cc3ccccc3c3ccccc23)cc1. The van der Waals surface area contributed by atoms with Gasteiger partial charge >= 0.3 is 0 Å². The van der Waals surface area contributed by atoms with Crippen LogP contribution in [0.25, 0.3) is 82.4 Å². The second-order valence-corrected chi connectivity index (χ2v) is 21.3. The van der Waals surface area contributed by atoms with Gasteiger partial charge in [0.25, 0.3) is 0 Å². The van der Waals surface area contributed by atoms with Crippen molar-refractivity contribution >= 4 is 60.4 Å². The molecule has 0 atom stereocenters. The van der Waals surface area contributed by atoms with Crippen LogP contribution in [0.1, 0.15) is 48.6 Å². The highest BCUT2D eigenvalue weighted by atomic mass is 15.1. The third-order valence-corrected chi connectivity index (χ3v) is 16.0. The summed E-state index contributed by atoms with van der Waals surface area (Å²) in [7, 11) is 0. The maximum atomic E-state index is 2.47. The summed E-state index contributed by atoms with van der Waals surface area (Å²) >= 11 is 0. The molecule has 1 heterocycles. The van der Waals surface area contributed by atoms with Crippen molar-refractivity contribution in [3.63, 3.8) is 0 Å². The molecule has 0 unspecified atom stereocenters. The van der Waals surface area contributed by atoms with Crippen LogP contribution in [0, 0.1) is 0 Å². The van der Waals surface area contributed by atoms with Gasteiger partial charge in [0.1, 0.15) is 0 Å². The summed E-state index contributed by atoms with van der Waals surface area (Å²) < 4.78 is 2.47. The van der Waals surface area contributed by atoms with Crippen molar-refractivity contribution < 1.29 is 0 Å². The lowest BCUT2D eigenvalue weighted by Crippen LogP contribution is -2.28. The molecule has 0 saturated heterocycles. The fourth-order valence-electron chi connectivity index (χ4n) is 12.4. The molecule has 1 aromatic heterocycles. The normalized spacial score (nSPS) is 12.8. The minimum absolute atomic E-state index is 0.0576. The standard InChI is InChI=1S/C73H54N2/c1-72(2,3)54-37-41-58(42-38-54)74(71-47-53-18-10-11-23-60(53)61-24-12-13-26-64(61)71)57-39-34-50(35-40-57)49-30-32-51(33-31-49)52-36-45-70-66(46-52)65-27-15-17-29-69(65)75(70)59-43-44-63-62-25-14-16-28-67(62)73(68(63)48-59,55-19-6-4-7-20-55)56-21-8-5-9-22-56/h4-48H,1-3H3. The van der Waals surface area contributed by atoms with E-state index in [1.165, 1.54) is 105 Å². The van der Waals surface area contributed by atoms with Gasteiger partial charge < -0.3 is 9.47 Å². The predicted octanol–water partition coefficient (Wildman–Crippen LogP) is 19.6. The van der Waals surface area contributed by atoms with Crippen molar-refractivity contribution in [2.75, 3.05) is 4.90 Å². The van der Waals surface area contributed by atoms with Crippen LogP contribution in [0.5, 0.6) is 0 Å².